The smallest absolute Gasteiger partial charge is 0.178 e. The molecule has 4 heteroatoms. The minimum Gasteiger partial charge on any atom is -0.310 e. The molecule has 2 aromatic heterocycles. The Kier molecular flexibility index (Phi) is 5.02. The Balaban J connectivity index is 2.30. The lowest BCUT2D eigenvalue weighted by Crippen LogP contribution is -2.20. The van der Waals surface area contributed by atoms with Crippen molar-refractivity contribution in [1.82, 2.24) is 20.3 Å². The number of aromatic nitrogens is 3. The van der Waals surface area contributed by atoms with E-state index in [2.05, 4.69) is 40.2 Å². The molecule has 0 fully saturated rings. The summed E-state index contributed by atoms with van der Waals surface area (Å²) in [5.74, 6) is 0.705. The number of rotatable bonds is 5. The number of aryl methyl sites for hydroxylation is 3. The normalized spacial score (nSPS) is 12.4. The summed E-state index contributed by atoms with van der Waals surface area (Å²) in [6.45, 7) is 11.4. The third-order valence-electron chi connectivity index (χ3n) is 3.61. The second-order valence-corrected chi connectivity index (χ2v) is 5.59. The van der Waals surface area contributed by atoms with Crippen LogP contribution in [0.4, 0.5) is 0 Å². The van der Waals surface area contributed by atoms with E-state index >= 15 is 0 Å². The van der Waals surface area contributed by atoms with E-state index in [9.17, 15) is 0 Å². The van der Waals surface area contributed by atoms with Crippen molar-refractivity contribution in [3.63, 3.8) is 0 Å². The van der Waals surface area contributed by atoms with Gasteiger partial charge in [0.1, 0.15) is 5.69 Å². The highest BCUT2D eigenvalue weighted by molar-refractivity contribution is 5.55. The molecule has 2 aromatic rings. The fraction of sp³-hybridized carbons (Fsp3) is 0.471. The Morgan fingerprint density at radius 2 is 1.90 bits per heavy atom. The lowest BCUT2D eigenvalue weighted by molar-refractivity contribution is 0.564. The number of nitrogens with zero attached hydrogens (tertiary/aromatic N) is 3. The van der Waals surface area contributed by atoms with E-state index in [0.29, 0.717) is 5.82 Å². The van der Waals surface area contributed by atoms with Gasteiger partial charge in [-0.15, -0.1) is 0 Å². The highest BCUT2D eigenvalue weighted by Gasteiger charge is 2.13. The summed E-state index contributed by atoms with van der Waals surface area (Å²) in [6, 6.07) is 2.38. The maximum atomic E-state index is 4.65. The Morgan fingerprint density at radius 3 is 2.52 bits per heavy atom. The fourth-order valence-electron chi connectivity index (χ4n) is 2.44. The monoisotopic (exact) mass is 284 g/mol. The summed E-state index contributed by atoms with van der Waals surface area (Å²) in [5, 5.41) is 3.47. The van der Waals surface area contributed by atoms with Crippen LogP contribution in [0.25, 0.3) is 11.5 Å². The molecule has 0 saturated heterocycles. The molecule has 0 aromatic carbocycles. The van der Waals surface area contributed by atoms with Crippen LogP contribution < -0.4 is 5.32 Å². The lowest BCUT2D eigenvalue weighted by Gasteiger charge is -2.16. The highest BCUT2D eigenvalue weighted by Crippen LogP contribution is 2.21. The van der Waals surface area contributed by atoms with Crippen molar-refractivity contribution in [1.29, 1.82) is 0 Å². The third-order valence-corrected chi connectivity index (χ3v) is 3.61. The SMILES string of the molecule is CCCNC(C)c1cnc(-c2ncc(C)cc2C)nc1C. The van der Waals surface area contributed by atoms with E-state index in [4.69, 9.17) is 0 Å². The highest BCUT2D eigenvalue weighted by atomic mass is 14.9. The molecule has 1 atom stereocenters. The molecular formula is C17H24N4. The van der Waals surface area contributed by atoms with Gasteiger partial charge in [-0.25, -0.2) is 9.97 Å². The molecule has 112 valence electrons. The molecule has 2 rings (SSSR count). The average Bonchev–Trinajstić information content (AvgIpc) is 2.44. The quantitative estimate of drug-likeness (QED) is 0.912. The van der Waals surface area contributed by atoms with Crippen molar-refractivity contribution in [2.24, 2.45) is 0 Å². The molecule has 0 aliphatic carbocycles. The van der Waals surface area contributed by atoms with E-state index < -0.39 is 0 Å². The zero-order valence-electron chi connectivity index (χ0n) is 13.6. The molecule has 2 heterocycles. The van der Waals surface area contributed by atoms with Crippen LogP contribution in [0.3, 0.4) is 0 Å². The van der Waals surface area contributed by atoms with E-state index in [-0.39, 0.29) is 6.04 Å². The van der Waals surface area contributed by atoms with Crippen molar-refractivity contribution in [3.05, 3.63) is 40.8 Å². The minimum absolute atomic E-state index is 0.270. The first kappa shape index (κ1) is 15.6. The van der Waals surface area contributed by atoms with Crippen molar-refractivity contribution >= 4 is 0 Å². The van der Waals surface area contributed by atoms with E-state index in [1.165, 1.54) is 0 Å². The van der Waals surface area contributed by atoms with Crippen LogP contribution in [0, 0.1) is 20.8 Å². The molecule has 0 saturated carbocycles. The first-order chi connectivity index (χ1) is 10.0. The van der Waals surface area contributed by atoms with Gasteiger partial charge >= 0.3 is 0 Å². The van der Waals surface area contributed by atoms with Crippen LogP contribution in [0.5, 0.6) is 0 Å². The molecule has 0 radical (unpaired) electrons. The summed E-state index contributed by atoms with van der Waals surface area (Å²) in [4.78, 5) is 13.6. The van der Waals surface area contributed by atoms with Gasteiger partial charge in [-0.05, 0) is 51.8 Å². The molecule has 1 unspecified atom stereocenters. The first-order valence-corrected chi connectivity index (χ1v) is 7.53. The van der Waals surface area contributed by atoms with Gasteiger partial charge in [0.05, 0.1) is 0 Å². The second-order valence-electron chi connectivity index (χ2n) is 5.59. The van der Waals surface area contributed by atoms with Crippen molar-refractivity contribution in [2.45, 2.75) is 47.1 Å². The largest absolute Gasteiger partial charge is 0.310 e. The van der Waals surface area contributed by atoms with Crippen LogP contribution >= 0.6 is 0 Å². The number of pyridine rings is 1. The van der Waals surface area contributed by atoms with E-state index in [0.717, 1.165) is 41.0 Å². The van der Waals surface area contributed by atoms with Crippen molar-refractivity contribution < 1.29 is 0 Å². The van der Waals surface area contributed by atoms with Crippen LogP contribution in [-0.2, 0) is 0 Å². The lowest BCUT2D eigenvalue weighted by atomic mass is 10.1. The molecule has 0 spiro atoms. The van der Waals surface area contributed by atoms with Crippen molar-refractivity contribution in [3.8, 4) is 11.5 Å². The van der Waals surface area contributed by atoms with Crippen molar-refractivity contribution in [2.75, 3.05) is 6.54 Å². The van der Waals surface area contributed by atoms with Crippen LogP contribution in [-0.4, -0.2) is 21.5 Å². The van der Waals surface area contributed by atoms with Gasteiger partial charge in [0.15, 0.2) is 5.82 Å². The van der Waals surface area contributed by atoms with Gasteiger partial charge in [0.25, 0.3) is 0 Å². The molecule has 0 bridgehead atoms. The van der Waals surface area contributed by atoms with Gasteiger partial charge in [0, 0.05) is 29.7 Å². The zero-order valence-corrected chi connectivity index (χ0v) is 13.6. The van der Waals surface area contributed by atoms with Gasteiger partial charge < -0.3 is 5.32 Å². The maximum Gasteiger partial charge on any atom is 0.178 e. The summed E-state index contributed by atoms with van der Waals surface area (Å²) in [5.41, 5.74) is 5.29. The second kappa shape index (κ2) is 6.76. The Morgan fingerprint density at radius 1 is 1.14 bits per heavy atom. The maximum absolute atomic E-state index is 4.65. The topological polar surface area (TPSA) is 50.7 Å². The predicted octanol–water partition coefficient (Wildman–Crippen LogP) is 3.52. The van der Waals surface area contributed by atoms with E-state index in [1.54, 1.807) is 0 Å². The van der Waals surface area contributed by atoms with Gasteiger partial charge in [-0.2, -0.15) is 0 Å². The molecule has 1 N–H and O–H groups in total. The minimum atomic E-state index is 0.270. The average molecular weight is 284 g/mol. The summed E-state index contributed by atoms with van der Waals surface area (Å²) < 4.78 is 0. The van der Waals surface area contributed by atoms with E-state index in [1.807, 2.05) is 33.2 Å². The van der Waals surface area contributed by atoms with Crippen LogP contribution in [0.15, 0.2) is 18.5 Å². The van der Waals surface area contributed by atoms with Gasteiger partial charge in [0.2, 0.25) is 0 Å². The van der Waals surface area contributed by atoms with Gasteiger partial charge in [-0.3, -0.25) is 4.98 Å². The summed E-state index contributed by atoms with van der Waals surface area (Å²) in [7, 11) is 0. The standard InChI is InChI=1S/C17H24N4/c1-6-7-18-13(4)15-10-20-17(21-14(15)5)16-12(3)8-11(2)9-19-16/h8-10,13,18H,6-7H2,1-5H3. The molecule has 4 nitrogen and oxygen atoms in total. The molecule has 0 aliphatic rings. The third kappa shape index (κ3) is 3.64. The first-order valence-electron chi connectivity index (χ1n) is 7.53. The summed E-state index contributed by atoms with van der Waals surface area (Å²) >= 11 is 0. The summed E-state index contributed by atoms with van der Waals surface area (Å²) in [6.07, 6.45) is 4.90. The Hall–Kier alpha value is -1.81. The fourth-order valence-corrected chi connectivity index (χ4v) is 2.44. The van der Waals surface area contributed by atoms with Crippen LogP contribution in [0.2, 0.25) is 0 Å². The Labute approximate surface area is 127 Å². The number of hydrogen-bond donors (Lipinski definition) is 1. The molecule has 21 heavy (non-hydrogen) atoms. The predicted molar refractivity (Wildman–Crippen MR) is 86.2 cm³/mol. The van der Waals surface area contributed by atoms with Crippen LogP contribution in [0.1, 0.15) is 48.7 Å². The molecule has 0 amide bonds. The zero-order chi connectivity index (χ0) is 15.4. The molecule has 0 aliphatic heterocycles. The van der Waals surface area contributed by atoms with Gasteiger partial charge in [-0.1, -0.05) is 13.0 Å². The number of hydrogen-bond acceptors (Lipinski definition) is 4. The molecular weight excluding hydrogens is 260 g/mol. The number of nitrogens with one attached hydrogen (secondary N) is 1. The Bertz CT molecular complexity index is 622.